The number of hydrogen-bond acceptors (Lipinski definition) is 16. The SMILES string of the molecule is CN1CC[C@H]2CC[C@@H](C(=O)N[C@@H](CCC(N)=O)C(=O)NCCOCCOCCOCCOc3cccc4c3CN(C3CCC(=O)NC3=O)C4=O)N2C(=O)[C@@H](NC(=O)c2cc3cc(C(F)(F)OP(O)O)ccc3[nH]2)C1. The minimum absolute atomic E-state index is 0.0521. The van der Waals surface area contributed by atoms with E-state index in [9.17, 15) is 47.1 Å². The van der Waals surface area contributed by atoms with Gasteiger partial charge >= 0.3 is 14.7 Å². The van der Waals surface area contributed by atoms with Crippen molar-refractivity contribution >= 4 is 66.8 Å². The van der Waals surface area contributed by atoms with E-state index in [1.54, 1.807) is 25.2 Å². The third-order valence-electron chi connectivity index (χ3n) is 13.0. The maximum absolute atomic E-state index is 14.4. The van der Waals surface area contributed by atoms with E-state index in [4.69, 9.17) is 34.5 Å². The number of aromatic nitrogens is 1. The molecule has 27 heteroatoms. The van der Waals surface area contributed by atoms with E-state index in [-0.39, 0.29) is 127 Å². The molecule has 9 N–H and O–H groups in total. The Balaban J connectivity index is 0.816. The predicted molar refractivity (Wildman–Crippen MR) is 255 cm³/mol. The number of nitrogens with one attached hydrogen (secondary N) is 5. The van der Waals surface area contributed by atoms with Crippen LogP contribution in [0.25, 0.3) is 10.9 Å². The normalized spacial score (nSPS) is 20.7. The van der Waals surface area contributed by atoms with Crippen molar-refractivity contribution in [2.75, 3.05) is 72.9 Å². The lowest BCUT2D eigenvalue weighted by Gasteiger charge is -2.37. The molecule has 0 aliphatic carbocycles. The predicted octanol–water partition coefficient (Wildman–Crippen LogP) is -0.00490. The zero-order chi connectivity index (χ0) is 53.1. The molecular formula is C47H60F2N9O15P. The molecule has 0 bridgehead atoms. The van der Waals surface area contributed by atoms with Crippen molar-refractivity contribution in [3.63, 3.8) is 0 Å². The van der Waals surface area contributed by atoms with Crippen LogP contribution in [0.3, 0.4) is 0 Å². The summed E-state index contributed by atoms with van der Waals surface area (Å²) < 4.78 is 55.4. The molecule has 0 saturated carbocycles. The minimum Gasteiger partial charge on any atom is -0.491 e. The first-order valence-electron chi connectivity index (χ1n) is 24.1. The van der Waals surface area contributed by atoms with Gasteiger partial charge in [-0.2, -0.15) is 8.78 Å². The Kier molecular flexibility index (Phi) is 19.0. The van der Waals surface area contributed by atoms with Gasteiger partial charge in [0, 0.05) is 54.0 Å². The summed E-state index contributed by atoms with van der Waals surface area (Å²) in [5.41, 5.74) is 6.06. The second kappa shape index (κ2) is 25.3. The number of benzene rings is 2. The number of nitrogens with two attached hydrogens (primary N) is 1. The van der Waals surface area contributed by atoms with Crippen LogP contribution in [0.2, 0.25) is 0 Å². The van der Waals surface area contributed by atoms with Gasteiger partial charge in [-0.05, 0) is 82.1 Å². The Morgan fingerprint density at radius 3 is 2.38 bits per heavy atom. The molecular weight excluding hydrogens is 1000 g/mol. The summed E-state index contributed by atoms with van der Waals surface area (Å²) in [4.78, 5) is 130. The van der Waals surface area contributed by atoms with Crippen molar-refractivity contribution in [1.29, 1.82) is 0 Å². The first-order valence-corrected chi connectivity index (χ1v) is 25.2. The number of likely N-dealkylation sites (N-methyl/N-ethyl adjacent to an activating group) is 1. The molecule has 1 unspecified atom stereocenters. The second-order valence-electron chi connectivity index (χ2n) is 18.1. The number of ether oxygens (including phenoxy) is 4. The van der Waals surface area contributed by atoms with Crippen LogP contribution in [-0.2, 0) is 60.2 Å². The van der Waals surface area contributed by atoms with Crippen molar-refractivity contribution in [3.8, 4) is 5.75 Å². The highest BCUT2D eigenvalue weighted by Crippen LogP contribution is 2.42. The molecule has 3 saturated heterocycles. The van der Waals surface area contributed by atoms with Crippen LogP contribution in [0.5, 0.6) is 5.75 Å². The summed E-state index contributed by atoms with van der Waals surface area (Å²) in [6.45, 7) is 2.29. The van der Waals surface area contributed by atoms with Crippen molar-refractivity contribution in [2.24, 2.45) is 5.73 Å². The molecule has 4 aliphatic heterocycles. The maximum Gasteiger partial charge on any atom is 0.389 e. The molecule has 24 nitrogen and oxygen atoms in total. The molecule has 5 heterocycles. The van der Waals surface area contributed by atoms with E-state index < -0.39 is 79.9 Å². The lowest BCUT2D eigenvalue weighted by Crippen LogP contribution is -2.61. The number of imide groups is 1. The third-order valence-corrected chi connectivity index (χ3v) is 13.4. The van der Waals surface area contributed by atoms with Crippen LogP contribution in [0.1, 0.15) is 76.9 Å². The van der Waals surface area contributed by atoms with E-state index in [1.165, 1.54) is 21.9 Å². The van der Waals surface area contributed by atoms with Crippen LogP contribution in [-0.4, -0.2) is 180 Å². The third kappa shape index (κ3) is 14.1. The summed E-state index contributed by atoms with van der Waals surface area (Å²) in [7, 11) is -1.58. The molecule has 74 heavy (non-hydrogen) atoms. The van der Waals surface area contributed by atoms with Gasteiger partial charge in [0.2, 0.25) is 35.4 Å². The summed E-state index contributed by atoms with van der Waals surface area (Å²) in [5.74, 6) is -3.84. The number of carbonyl (C=O) groups is 8. The number of carbonyl (C=O) groups excluding carboxylic acids is 8. The van der Waals surface area contributed by atoms with E-state index in [1.807, 2.05) is 4.90 Å². The Morgan fingerprint density at radius 2 is 1.66 bits per heavy atom. The van der Waals surface area contributed by atoms with Gasteiger partial charge < -0.3 is 70.1 Å². The molecule has 402 valence electrons. The number of fused-ring (bicyclic) bond motifs is 3. The Hall–Kier alpha value is -6.25. The number of nitrogens with zero attached hydrogens (tertiary/aromatic N) is 3. The van der Waals surface area contributed by atoms with Gasteiger partial charge in [-0.25, -0.2) is 4.52 Å². The molecule has 4 aliphatic rings. The average molecular weight is 1060 g/mol. The smallest absolute Gasteiger partial charge is 0.389 e. The molecule has 3 fully saturated rings. The number of aromatic amines is 1. The first kappa shape index (κ1) is 55.5. The summed E-state index contributed by atoms with van der Waals surface area (Å²) in [6.07, 6.45) is -2.70. The maximum atomic E-state index is 14.4. The highest BCUT2D eigenvalue weighted by atomic mass is 31.2. The highest BCUT2D eigenvalue weighted by Gasteiger charge is 2.46. The topological polar surface area (TPSA) is 323 Å². The van der Waals surface area contributed by atoms with E-state index in [0.29, 0.717) is 41.8 Å². The number of piperidine rings is 1. The Labute approximate surface area is 424 Å². The fourth-order valence-electron chi connectivity index (χ4n) is 9.36. The van der Waals surface area contributed by atoms with Crippen LogP contribution in [0.15, 0.2) is 42.5 Å². The minimum atomic E-state index is -4.03. The van der Waals surface area contributed by atoms with Crippen molar-refractivity contribution in [3.05, 3.63) is 64.8 Å². The number of alkyl halides is 2. The van der Waals surface area contributed by atoms with E-state index in [0.717, 1.165) is 12.1 Å². The van der Waals surface area contributed by atoms with E-state index >= 15 is 0 Å². The number of primary amides is 1. The number of rotatable bonds is 25. The van der Waals surface area contributed by atoms with Gasteiger partial charge in [-0.1, -0.05) is 6.07 Å². The number of hydrogen-bond donors (Lipinski definition) is 8. The Morgan fingerprint density at radius 1 is 0.932 bits per heavy atom. The number of H-pyrrole nitrogens is 1. The highest BCUT2D eigenvalue weighted by molar-refractivity contribution is 7.39. The second-order valence-corrected chi connectivity index (χ2v) is 18.8. The lowest BCUT2D eigenvalue weighted by atomic mass is 10.0. The van der Waals surface area contributed by atoms with Crippen molar-refractivity contribution in [1.82, 2.24) is 41.0 Å². The summed E-state index contributed by atoms with van der Waals surface area (Å²) in [5, 5.41) is 10.6. The molecule has 0 radical (unpaired) electrons. The quantitative estimate of drug-likeness (QED) is 0.0315. The number of halogens is 2. The van der Waals surface area contributed by atoms with Crippen LogP contribution < -0.4 is 31.7 Å². The van der Waals surface area contributed by atoms with Gasteiger partial charge in [-0.3, -0.25) is 43.7 Å². The van der Waals surface area contributed by atoms with Crippen LogP contribution in [0, 0.1) is 0 Å². The number of amides is 8. The van der Waals surface area contributed by atoms with E-state index in [2.05, 4.69) is 30.8 Å². The van der Waals surface area contributed by atoms with Gasteiger partial charge in [0.05, 0.1) is 51.7 Å². The van der Waals surface area contributed by atoms with Crippen molar-refractivity contribution < 1.29 is 80.4 Å². The largest absolute Gasteiger partial charge is 0.491 e. The molecule has 1 aromatic heterocycles. The van der Waals surface area contributed by atoms with Crippen molar-refractivity contribution in [2.45, 2.75) is 87.8 Å². The zero-order valence-corrected chi connectivity index (χ0v) is 41.4. The fourth-order valence-corrected chi connectivity index (χ4v) is 9.67. The summed E-state index contributed by atoms with van der Waals surface area (Å²) >= 11 is 0. The lowest BCUT2D eigenvalue weighted by molar-refractivity contribution is -0.189. The van der Waals surface area contributed by atoms with Crippen LogP contribution in [0.4, 0.5) is 8.78 Å². The zero-order valence-electron chi connectivity index (χ0n) is 40.5. The average Bonchev–Trinajstić information content (AvgIpc) is 4.07. The Bertz CT molecular complexity index is 2570. The van der Waals surface area contributed by atoms with Gasteiger partial charge in [0.15, 0.2) is 0 Å². The molecule has 2 aromatic carbocycles. The summed E-state index contributed by atoms with van der Waals surface area (Å²) in [6, 6.07) is 5.24. The standard InChI is InChI=1S/C47H60F2N9O15P/c1-56-15-13-29-6-9-37(58(29)46(66)35(26-56)54-42(62)34-24-27-23-28(5-7-32(27)52-34)47(48,49)73-74(67)68)44(64)53-33(8-11-39(50)59)41(61)51-14-16-69-17-18-70-19-20-71-21-22-72-38-4-2-3-30-31(38)25-57(45(30)65)36-10-12-40(60)55-43(36)63/h2-5,7,23-24,29,33,35-37,52,67-68H,6,8-22,25-26H2,1H3,(H2,50,59)(H,51,61)(H,53,64)(H,54,62)(H,55,60,63)/t29-,33+,35+,36?,37+/m1/s1. The molecule has 0 spiro atoms. The van der Waals surface area contributed by atoms with Gasteiger partial charge in [0.25, 0.3) is 11.8 Å². The van der Waals surface area contributed by atoms with Crippen LogP contribution >= 0.6 is 8.60 Å². The monoisotopic (exact) mass is 1060 g/mol. The molecule has 8 amide bonds. The van der Waals surface area contributed by atoms with Gasteiger partial charge in [-0.15, -0.1) is 0 Å². The molecule has 3 aromatic rings. The fraction of sp³-hybridized carbons (Fsp3) is 0.532. The first-order chi connectivity index (χ1) is 35.4. The molecule has 5 atom stereocenters. The van der Waals surface area contributed by atoms with Gasteiger partial charge in [0.1, 0.15) is 42.2 Å². The molecule has 7 rings (SSSR count).